The second-order valence-electron chi connectivity index (χ2n) is 4.15. The van der Waals surface area contributed by atoms with Crippen LogP contribution in [0.4, 0.5) is 0 Å². The zero-order valence-electron chi connectivity index (χ0n) is 8.68. The van der Waals surface area contributed by atoms with Crippen LogP contribution in [-0.4, -0.2) is 44.6 Å². The first-order valence-corrected chi connectivity index (χ1v) is 4.53. The van der Waals surface area contributed by atoms with Crippen LogP contribution in [0.25, 0.3) is 0 Å². The minimum atomic E-state index is 0.149. The van der Waals surface area contributed by atoms with Crippen LogP contribution in [0, 0.1) is 0 Å². The summed E-state index contributed by atoms with van der Waals surface area (Å²) < 4.78 is 0.692. The first-order valence-electron chi connectivity index (χ1n) is 4.53. The molecular weight excluding hydrogens is 152 g/mol. The number of likely N-dealkylation sites (N-methyl/N-ethyl adjacent to an activating group) is 1. The second kappa shape index (κ2) is 5.14. The summed E-state index contributed by atoms with van der Waals surface area (Å²) in [6.45, 7) is 3.49. The molecule has 0 aromatic carbocycles. The van der Waals surface area contributed by atoms with Gasteiger partial charge in [-0.3, -0.25) is 4.79 Å². The summed E-state index contributed by atoms with van der Waals surface area (Å²) in [7, 11) is 6.04. The van der Waals surface area contributed by atoms with E-state index < -0.39 is 0 Å². The average Bonchev–Trinajstić information content (AvgIpc) is 1.84. The summed E-state index contributed by atoms with van der Waals surface area (Å²) in [6.07, 6.45) is 2.20. The number of carbonyl (C=O) groups is 1. The Bertz CT molecular complexity index is 138. The van der Waals surface area contributed by atoms with Gasteiger partial charge in [-0.25, -0.2) is 0 Å². The third kappa shape index (κ3) is 7.54. The van der Waals surface area contributed by atoms with Crippen molar-refractivity contribution in [3.05, 3.63) is 0 Å². The number of amides is 1. The van der Waals surface area contributed by atoms with E-state index >= 15 is 0 Å². The normalized spacial score (nSPS) is 11.3. The van der Waals surface area contributed by atoms with Gasteiger partial charge in [0.25, 0.3) is 5.91 Å². The quantitative estimate of drug-likeness (QED) is 0.479. The van der Waals surface area contributed by atoms with E-state index in [4.69, 9.17) is 0 Å². The Morgan fingerprint density at radius 3 is 2.33 bits per heavy atom. The number of rotatable bonds is 5. The van der Waals surface area contributed by atoms with E-state index in [2.05, 4.69) is 12.2 Å². The molecule has 0 aliphatic heterocycles. The molecule has 0 aromatic heterocycles. The van der Waals surface area contributed by atoms with Crippen molar-refractivity contribution in [3.63, 3.8) is 0 Å². The monoisotopic (exact) mass is 173 g/mol. The number of unbranched alkanes of at least 4 members (excludes halogenated alkanes) is 1. The Morgan fingerprint density at radius 2 is 1.92 bits per heavy atom. The van der Waals surface area contributed by atoms with Crippen molar-refractivity contribution in [3.8, 4) is 0 Å². The van der Waals surface area contributed by atoms with Gasteiger partial charge in [0.1, 0.15) is 0 Å². The fourth-order valence-corrected chi connectivity index (χ4v) is 0.891. The summed E-state index contributed by atoms with van der Waals surface area (Å²) in [5, 5.41) is 2.89. The highest BCUT2D eigenvalue weighted by molar-refractivity contribution is 5.76. The maximum Gasteiger partial charge on any atom is 0.275 e. The van der Waals surface area contributed by atoms with Crippen molar-refractivity contribution in [1.29, 1.82) is 0 Å². The number of carbonyl (C=O) groups excluding carboxylic acids is 1. The van der Waals surface area contributed by atoms with E-state index in [1.165, 1.54) is 0 Å². The van der Waals surface area contributed by atoms with Gasteiger partial charge in [-0.15, -0.1) is 0 Å². The maximum absolute atomic E-state index is 11.2. The van der Waals surface area contributed by atoms with Crippen LogP contribution in [0.1, 0.15) is 19.8 Å². The van der Waals surface area contributed by atoms with Gasteiger partial charge in [0.2, 0.25) is 0 Å². The zero-order valence-corrected chi connectivity index (χ0v) is 8.68. The van der Waals surface area contributed by atoms with Gasteiger partial charge in [0.15, 0.2) is 6.54 Å². The van der Waals surface area contributed by atoms with Crippen LogP contribution in [0.5, 0.6) is 0 Å². The van der Waals surface area contributed by atoms with E-state index in [0.29, 0.717) is 11.0 Å². The van der Waals surface area contributed by atoms with Crippen molar-refractivity contribution < 1.29 is 9.28 Å². The molecule has 1 N–H and O–H groups in total. The highest BCUT2D eigenvalue weighted by atomic mass is 16.2. The van der Waals surface area contributed by atoms with Crippen molar-refractivity contribution in [2.45, 2.75) is 19.8 Å². The van der Waals surface area contributed by atoms with Gasteiger partial charge in [-0.1, -0.05) is 13.3 Å². The molecule has 0 bridgehead atoms. The number of hydrogen-bond donors (Lipinski definition) is 1. The molecule has 3 nitrogen and oxygen atoms in total. The van der Waals surface area contributed by atoms with E-state index in [1.54, 1.807) is 0 Å². The lowest BCUT2D eigenvalue weighted by atomic mass is 10.3. The van der Waals surface area contributed by atoms with Crippen LogP contribution in [0.2, 0.25) is 0 Å². The fraction of sp³-hybridized carbons (Fsp3) is 0.889. The highest BCUT2D eigenvalue weighted by Gasteiger charge is 2.12. The maximum atomic E-state index is 11.2. The molecule has 0 aliphatic rings. The largest absolute Gasteiger partial charge is 0.351 e. The van der Waals surface area contributed by atoms with Gasteiger partial charge in [0, 0.05) is 6.54 Å². The summed E-state index contributed by atoms with van der Waals surface area (Å²) >= 11 is 0. The molecule has 0 aromatic rings. The molecule has 0 rings (SSSR count). The summed E-state index contributed by atoms with van der Waals surface area (Å²) in [4.78, 5) is 11.2. The molecule has 0 atom stereocenters. The van der Waals surface area contributed by atoms with E-state index in [9.17, 15) is 4.79 Å². The molecule has 0 unspecified atom stereocenters. The number of quaternary nitrogens is 1. The first-order chi connectivity index (χ1) is 5.45. The molecule has 0 heterocycles. The third-order valence-electron chi connectivity index (χ3n) is 1.47. The molecule has 0 aliphatic carbocycles. The summed E-state index contributed by atoms with van der Waals surface area (Å²) in [6, 6.07) is 0. The molecular formula is C9H21N2O+. The van der Waals surface area contributed by atoms with Crippen LogP contribution >= 0.6 is 0 Å². The van der Waals surface area contributed by atoms with E-state index in [0.717, 1.165) is 19.4 Å². The van der Waals surface area contributed by atoms with Crippen LogP contribution in [0.3, 0.4) is 0 Å². The topological polar surface area (TPSA) is 29.1 Å². The molecule has 0 radical (unpaired) electrons. The number of nitrogens with one attached hydrogen (secondary N) is 1. The van der Waals surface area contributed by atoms with Gasteiger partial charge in [-0.05, 0) is 6.42 Å². The first kappa shape index (κ1) is 11.4. The Labute approximate surface area is 75.3 Å². The van der Waals surface area contributed by atoms with Crippen LogP contribution in [-0.2, 0) is 4.79 Å². The van der Waals surface area contributed by atoms with Crippen LogP contribution in [0.15, 0.2) is 0 Å². The Morgan fingerprint density at radius 1 is 1.33 bits per heavy atom. The van der Waals surface area contributed by atoms with Crippen molar-refractivity contribution in [2.75, 3.05) is 34.2 Å². The summed E-state index contributed by atoms with van der Waals surface area (Å²) in [5.74, 6) is 0.149. The van der Waals surface area contributed by atoms with Gasteiger partial charge >= 0.3 is 0 Å². The van der Waals surface area contributed by atoms with Gasteiger partial charge in [-0.2, -0.15) is 0 Å². The SMILES string of the molecule is CCCCNC(=O)C[N+](C)(C)C. The predicted octanol–water partition coefficient (Wildman–Crippen LogP) is 0.609. The molecule has 0 saturated carbocycles. The number of nitrogens with zero attached hydrogens (tertiary/aromatic N) is 1. The second-order valence-corrected chi connectivity index (χ2v) is 4.15. The van der Waals surface area contributed by atoms with Gasteiger partial charge in [0.05, 0.1) is 21.1 Å². The molecule has 0 saturated heterocycles. The Hall–Kier alpha value is -0.570. The fourth-order valence-electron chi connectivity index (χ4n) is 0.891. The lowest BCUT2D eigenvalue weighted by molar-refractivity contribution is -0.862. The summed E-state index contributed by atoms with van der Waals surface area (Å²) in [5.41, 5.74) is 0. The molecule has 12 heavy (non-hydrogen) atoms. The van der Waals surface area contributed by atoms with E-state index in [1.807, 2.05) is 21.1 Å². The van der Waals surface area contributed by atoms with Crippen LogP contribution < -0.4 is 5.32 Å². The standard InChI is InChI=1S/C9H20N2O/c1-5-6-7-10-9(12)8-11(2,3)4/h5-8H2,1-4H3/p+1. The molecule has 0 spiro atoms. The molecule has 3 heteroatoms. The lowest BCUT2D eigenvalue weighted by Gasteiger charge is -2.22. The van der Waals surface area contributed by atoms with Gasteiger partial charge < -0.3 is 9.80 Å². The Kier molecular flexibility index (Phi) is 4.90. The highest BCUT2D eigenvalue weighted by Crippen LogP contribution is 1.89. The molecule has 72 valence electrons. The van der Waals surface area contributed by atoms with Crippen molar-refractivity contribution in [2.24, 2.45) is 0 Å². The average molecular weight is 173 g/mol. The smallest absolute Gasteiger partial charge is 0.275 e. The molecule has 1 amide bonds. The number of hydrogen-bond acceptors (Lipinski definition) is 1. The minimum Gasteiger partial charge on any atom is -0.351 e. The van der Waals surface area contributed by atoms with Crippen molar-refractivity contribution >= 4 is 5.91 Å². The third-order valence-corrected chi connectivity index (χ3v) is 1.47. The molecule has 0 fully saturated rings. The van der Waals surface area contributed by atoms with Crippen molar-refractivity contribution in [1.82, 2.24) is 5.32 Å². The zero-order chi connectivity index (χ0) is 9.61. The van der Waals surface area contributed by atoms with E-state index in [-0.39, 0.29) is 5.91 Å². The lowest BCUT2D eigenvalue weighted by Crippen LogP contribution is -2.44. The Balaban J connectivity index is 3.47. The predicted molar refractivity (Wildman–Crippen MR) is 50.8 cm³/mol. The minimum absolute atomic E-state index is 0.149.